The second-order valence-corrected chi connectivity index (χ2v) is 6.03. The fourth-order valence-corrected chi connectivity index (χ4v) is 3.09. The largest absolute Gasteiger partial charge is 0.497 e. The van der Waals surface area contributed by atoms with Crippen molar-refractivity contribution in [2.75, 3.05) is 14.2 Å². The predicted molar refractivity (Wildman–Crippen MR) is 102 cm³/mol. The van der Waals surface area contributed by atoms with Gasteiger partial charge in [0, 0.05) is 17.8 Å². The molecule has 134 valence electrons. The lowest BCUT2D eigenvalue weighted by molar-refractivity contribution is 0.0999. The first kappa shape index (κ1) is 17.6. The van der Waals surface area contributed by atoms with Crippen molar-refractivity contribution < 1.29 is 14.3 Å². The van der Waals surface area contributed by atoms with Crippen LogP contribution in [0.3, 0.4) is 0 Å². The summed E-state index contributed by atoms with van der Waals surface area (Å²) in [7, 11) is 3.28. The van der Waals surface area contributed by atoms with E-state index < -0.39 is 5.91 Å². The lowest BCUT2D eigenvalue weighted by Gasteiger charge is -2.14. The van der Waals surface area contributed by atoms with Gasteiger partial charge in [-0.2, -0.15) is 0 Å². The van der Waals surface area contributed by atoms with Crippen LogP contribution >= 0.6 is 0 Å². The Labute approximate surface area is 153 Å². The molecule has 0 fully saturated rings. The summed E-state index contributed by atoms with van der Waals surface area (Å²) in [6.07, 6.45) is 0. The monoisotopic (exact) mass is 350 g/mol. The molecular formula is C21H22N2O3. The van der Waals surface area contributed by atoms with Gasteiger partial charge in [0.25, 0.3) is 5.91 Å². The average Bonchev–Trinajstić information content (AvgIpc) is 2.99. The van der Waals surface area contributed by atoms with E-state index >= 15 is 0 Å². The second kappa shape index (κ2) is 7.35. The van der Waals surface area contributed by atoms with Crippen LogP contribution in [0.2, 0.25) is 0 Å². The highest BCUT2D eigenvalue weighted by molar-refractivity contribution is 5.96. The van der Waals surface area contributed by atoms with Crippen molar-refractivity contribution in [1.82, 2.24) is 4.57 Å². The normalized spacial score (nSPS) is 10.6. The molecule has 0 aliphatic heterocycles. The van der Waals surface area contributed by atoms with Crippen LogP contribution in [0.25, 0.3) is 11.3 Å². The number of nitrogens with zero attached hydrogens (tertiary/aromatic N) is 1. The molecule has 0 unspecified atom stereocenters. The van der Waals surface area contributed by atoms with Crippen LogP contribution in [0.15, 0.2) is 54.6 Å². The molecule has 2 N–H and O–H groups in total. The molecule has 0 bridgehead atoms. The maximum Gasteiger partial charge on any atom is 0.250 e. The topological polar surface area (TPSA) is 66.5 Å². The molecular weight excluding hydrogens is 328 g/mol. The van der Waals surface area contributed by atoms with Gasteiger partial charge >= 0.3 is 0 Å². The number of ether oxygens (including phenoxy) is 2. The van der Waals surface area contributed by atoms with E-state index in [1.54, 1.807) is 14.2 Å². The molecule has 0 atom stereocenters. The Hall–Kier alpha value is -3.21. The molecule has 3 aromatic rings. The van der Waals surface area contributed by atoms with Gasteiger partial charge in [0.05, 0.1) is 25.5 Å². The molecule has 0 saturated heterocycles. The van der Waals surface area contributed by atoms with Gasteiger partial charge in [-0.3, -0.25) is 4.79 Å². The van der Waals surface area contributed by atoms with Crippen LogP contribution in [-0.2, 0) is 6.54 Å². The minimum Gasteiger partial charge on any atom is -0.497 e. The van der Waals surface area contributed by atoms with Crippen LogP contribution in [0, 0.1) is 6.92 Å². The molecule has 0 spiro atoms. The number of benzene rings is 2. The Morgan fingerprint density at radius 1 is 1.04 bits per heavy atom. The van der Waals surface area contributed by atoms with Crippen molar-refractivity contribution in [3.63, 3.8) is 0 Å². The van der Waals surface area contributed by atoms with Gasteiger partial charge in [0.1, 0.15) is 11.5 Å². The van der Waals surface area contributed by atoms with Gasteiger partial charge in [-0.05, 0) is 42.8 Å². The molecule has 0 radical (unpaired) electrons. The Morgan fingerprint density at radius 3 is 2.35 bits per heavy atom. The standard InChI is InChI=1S/C21H22N2O3/c1-14-18(21(22)24)12-19(17-6-4-5-7-20(17)26-3)23(14)13-15-8-10-16(25-2)11-9-15/h4-12H,13H2,1-3H3,(H2,22,24). The zero-order valence-electron chi connectivity index (χ0n) is 15.2. The van der Waals surface area contributed by atoms with E-state index in [0.717, 1.165) is 34.0 Å². The summed E-state index contributed by atoms with van der Waals surface area (Å²) in [6.45, 7) is 2.51. The van der Waals surface area contributed by atoms with Crippen LogP contribution < -0.4 is 15.2 Å². The summed E-state index contributed by atoms with van der Waals surface area (Å²) >= 11 is 0. The van der Waals surface area contributed by atoms with E-state index in [-0.39, 0.29) is 0 Å². The number of rotatable bonds is 6. The maximum absolute atomic E-state index is 11.9. The lowest BCUT2D eigenvalue weighted by atomic mass is 10.1. The van der Waals surface area contributed by atoms with Crippen molar-refractivity contribution in [2.45, 2.75) is 13.5 Å². The minimum atomic E-state index is -0.438. The molecule has 5 heteroatoms. The van der Waals surface area contributed by atoms with Gasteiger partial charge in [0.2, 0.25) is 0 Å². The van der Waals surface area contributed by atoms with Crippen LogP contribution in [0.5, 0.6) is 11.5 Å². The van der Waals surface area contributed by atoms with Crippen LogP contribution in [0.1, 0.15) is 21.6 Å². The molecule has 1 aromatic heterocycles. The highest BCUT2D eigenvalue weighted by Crippen LogP contribution is 2.33. The molecule has 2 aromatic carbocycles. The molecule has 3 rings (SSSR count). The Kier molecular flexibility index (Phi) is 4.98. The third-order valence-corrected chi connectivity index (χ3v) is 4.51. The SMILES string of the molecule is COc1ccc(Cn2c(-c3ccccc3OC)cc(C(N)=O)c2C)cc1. The van der Waals surface area contributed by atoms with E-state index in [1.807, 2.05) is 61.5 Å². The summed E-state index contributed by atoms with van der Waals surface area (Å²) < 4.78 is 12.8. The van der Waals surface area contributed by atoms with Crippen molar-refractivity contribution in [2.24, 2.45) is 5.73 Å². The number of methoxy groups -OCH3 is 2. The summed E-state index contributed by atoms with van der Waals surface area (Å²) in [6, 6.07) is 17.4. The van der Waals surface area contributed by atoms with Gasteiger partial charge in [-0.25, -0.2) is 0 Å². The molecule has 26 heavy (non-hydrogen) atoms. The maximum atomic E-state index is 11.9. The molecule has 0 aliphatic carbocycles. The Morgan fingerprint density at radius 2 is 1.73 bits per heavy atom. The average molecular weight is 350 g/mol. The third kappa shape index (κ3) is 3.28. The third-order valence-electron chi connectivity index (χ3n) is 4.51. The summed E-state index contributed by atoms with van der Waals surface area (Å²) in [5.41, 5.74) is 9.82. The van der Waals surface area contributed by atoms with Crippen molar-refractivity contribution in [3.05, 3.63) is 71.4 Å². The fourth-order valence-electron chi connectivity index (χ4n) is 3.09. The van der Waals surface area contributed by atoms with Gasteiger partial charge in [0.15, 0.2) is 0 Å². The van der Waals surface area contributed by atoms with E-state index in [1.165, 1.54) is 0 Å². The first-order valence-electron chi connectivity index (χ1n) is 8.31. The van der Waals surface area contributed by atoms with Gasteiger partial charge < -0.3 is 19.8 Å². The van der Waals surface area contributed by atoms with E-state index in [9.17, 15) is 4.79 Å². The number of carbonyl (C=O) groups is 1. The first-order chi connectivity index (χ1) is 12.5. The number of para-hydroxylation sites is 1. The summed E-state index contributed by atoms with van der Waals surface area (Å²) in [5.74, 6) is 1.12. The number of aromatic nitrogens is 1. The number of carbonyl (C=O) groups excluding carboxylic acids is 1. The van der Waals surface area contributed by atoms with E-state index in [4.69, 9.17) is 15.2 Å². The minimum absolute atomic E-state index is 0.438. The van der Waals surface area contributed by atoms with Gasteiger partial charge in [-0.1, -0.05) is 24.3 Å². The number of amides is 1. The highest BCUT2D eigenvalue weighted by Gasteiger charge is 2.19. The quantitative estimate of drug-likeness (QED) is 0.738. The Bertz CT molecular complexity index is 927. The molecule has 0 saturated carbocycles. The van der Waals surface area contributed by atoms with E-state index in [2.05, 4.69) is 4.57 Å². The smallest absolute Gasteiger partial charge is 0.250 e. The number of hydrogen-bond acceptors (Lipinski definition) is 3. The molecule has 0 aliphatic rings. The number of primary amides is 1. The van der Waals surface area contributed by atoms with Crippen molar-refractivity contribution in [3.8, 4) is 22.8 Å². The van der Waals surface area contributed by atoms with Crippen LogP contribution in [-0.4, -0.2) is 24.7 Å². The lowest BCUT2D eigenvalue weighted by Crippen LogP contribution is -2.12. The van der Waals surface area contributed by atoms with E-state index in [0.29, 0.717) is 12.1 Å². The first-order valence-corrected chi connectivity index (χ1v) is 8.31. The zero-order valence-corrected chi connectivity index (χ0v) is 15.2. The fraction of sp³-hybridized carbons (Fsp3) is 0.190. The van der Waals surface area contributed by atoms with Gasteiger partial charge in [-0.15, -0.1) is 0 Å². The summed E-state index contributed by atoms with van der Waals surface area (Å²) in [5, 5.41) is 0. The van der Waals surface area contributed by atoms with Crippen LogP contribution in [0.4, 0.5) is 0 Å². The highest BCUT2D eigenvalue weighted by atomic mass is 16.5. The molecule has 1 amide bonds. The Balaban J connectivity index is 2.11. The number of nitrogens with two attached hydrogens (primary N) is 1. The molecule has 5 nitrogen and oxygen atoms in total. The second-order valence-electron chi connectivity index (χ2n) is 6.03. The summed E-state index contributed by atoms with van der Waals surface area (Å²) in [4.78, 5) is 11.9. The molecule has 1 heterocycles. The zero-order chi connectivity index (χ0) is 18.7. The van der Waals surface area contributed by atoms with Crippen molar-refractivity contribution >= 4 is 5.91 Å². The predicted octanol–water partition coefficient (Wildman–Crippen LogP) is 3.63. The van der Waals surface area contributed by atoms with Crippen molar-refractivity contribution in [1.29, 1.82) is 0 Å². The number of hydrogen-bond donors (Lipinski definition) is 1.